The van der Waals surface area contributed by atoms with Crippen molar-refractivity contribution in [2.24, 2.45) is 0 Å². The molecule has 2 atom stereocenters. The normalized spacial score (nSPS) is 17.7. The number of carbonyl (C=O) groups excluding carboxylic acids is 3. The summed E-state index contributed by atoms with van der Waals surface area (Å²) in [4.78, 5) is 37.4. The second-order valence-electron chi connectivity index (χ2n) is 7.35. The average Bonchev–Trinajstić information content (AvgIpc) is 3.10. The van der Waals surface area contributed by atoms with E-state index in [2.05, 4.69) is 5.32 Å². The van der Waals surface area contributed by atoms with Crippen molar-refractivity contribution < 1.29 is 58.2 Å². The Labute approximate surface area is 196 Å². The molecule has 0 saturated heterocycles. The van der Waals surface area contributed by atoms with Crippen molar-refractivity contribution >= 4 is 23.7 Å². The van der Waals surface area contributed by atoms with E-state index in [1.807, 2.05) is 6.92 Å². The van der Waals surface area contributed by atoms with Crippen LogP contribution in [0.3, 0.4) is 0 Å². The summed E-state index contributed by atoms with van der Waals surface area (Å²) >= 11 is 0. The molecule has 0 spiro atoms. The van der Waals surface area contributed by atoms with Crippen LogP contribution in [0.2, 0.25) is 0 Å². The smallest absolute Gasteiger partial charge is 0.545 e. The molecule has 1 aromatic heterocycles. The molecule has 2 amide bonds. The van der Waals surface area contributed by atoms with Gasteiger partial charge in [-0.05, 0) is 57.0 Å². The van der Waals surface area contributed by atoms with Gasteiger partial charge in [-0.1, -0.05) is 0 Å². The van der Waals surface area contributed by atoms with E-state index in [1.54, 1.807) is 36.9 Å². The number of nitrogens with zero attached hydrogens (tertiary/aromatic N) is 1. The number of benzene rings is 1. The van der Waals surface area contributed by atoms with E-state index in [-0.39, 0.29) is 58.9 Å². The zero-order valence-corrected chi connectivity index (χ0v) is 19.7. The van der Waals surface area contributed by atoms with Crippen LogP contribution in [0.25, 0.3) is 11.3 Å². The van der Waals surface area contributed by atoms with Crippen molar-refractivity contribution in [3.63, 3.8) is 0 Å². The molecular formula is C21H23N2NaO6. The Hall–Kier alpha value is -2.29. The predicted octanol–water partition coefficient (Wildman–Crippen LogP) is -0.365. The number of nitrogens with one attached hydrogen (secondary N) is 1. The van der Waals surface area contributed by atoms with Crippen molar-refractivity contribution in [3.05, 3.63) is 41.7 Å². The molecule has 9 heteroatoms. The summed E-state index contributed by atoms with van der Waals surface area (Å²) in [7, 11) is 0. The predicted molar refractivity (Wildman–Crippen MR) is 103 cm³/mol. The zero-order chi connectivity index (χ0) is 21.3. The Morgan fingerprint density at radius 3 is 2.57 bits per heavy atom. The summed E-state index contributed by atoms with van der Waals surface area (Å²) in [5, 5.41) is 14.2. The van der Waals surface area contributed by atoms with E-state index < -0.39 is 18.1 Å². The zero-order valence-electron chi connectivity index (χ0n) is 17.7. The maximum absolute atomic E-state index is 12.2. The van der Waals surface area contributed by atoms with Crippen molar-refractivity contribution in [2.75, 3.05) is 4.90 Å². The standard InChI is InChI=1S/C21H24N2O6.Na/c1-11(2)29-21(27)22-17-9-12(3)23(13(4)24)18-6-5-14(10-16(17)18)19-15(20(25)26)7-8-28-19;/h5-8,10-12,17H,9H2,1-4H3,(H,22,27)(H,25,26);/q;+1/p-1/t12-,17+;/m0./s1. The van der Waals surface area contributed by atoms with Crippen molar-refractivity contribution in [2.45, 2.75) is 52.3 Å². The number of furan rings is 1. The molecule has 2 heterocycles. The molecule has 30 heavy (non-hydrogen) atoms. The van der Waals surface area contributed by atoms with Crippen LogP contribution in [0.1, 0.15) is 56.1 Å². The second-order valence-corrected chi connectivity index (χ2v) is 7.35. The third-order valence-corrected chi connectivity index (χ3v) is 4.80. The van der Waals surface area contributed by atoms with Gasteiger partial charge in [-0.3, -0.25) is 4.79 Å². The molecule has 0 bridgehead atoms. The van der Waals surface area contributed by atoms with Crippen molar-refractivity contribution in [3.8, 4) is 11.3 Å². The van der Waals surface area contributed by atoms with Crippen LogP contribution in [0.15, 0.2) is 34.9 Å². The van der Waals surface area contributed by atoms with Gasteiger partial charge in [0.1, 0.15) is 5.76 Å². The summed E-state index contributed by atoms with van der Waals surface area (Å²) in [5.41, 5.74) is 1.77. The maximum atomic E-state index is 12.2. The molecule has 154 valence electrons. The van der Waals surface area contributed by atoms with Crippen LogP contribution < -0.4 is 44.9 Å². The first kappa shape index (κ1) is 24.0. The van der Waals surface area contributed by atoms with E-state index in [0.29, 0.717) is 23.2 Å². The van der Waals surface area contributed by atoms with E-state index in [4.69, 9.17) is 9.15 Å². The fraction of sp³-hybridized carbons (Fsp3) is 0.381. The first-order chi connectivity index (χ1) is 13.7. The molecule has 0 unspecified atom stereocenters. The van der Waals surface area contributed by atoms with Gasteiger partial charge in [0.2, 0.25) is 5.91 Å². The van der Waals surface area contributed by atoms with Crippen LogP contribution in [0, 0.1) is 0 Å². The van der Waals surface area contributed by atoms with Gasteiger partial charge in [-0.15, -0.1) is 0 Å². The van der Waals surface area contributed by atoms with Crippen LogP contribution in [0.5, 0.6) is 0 Å². The van der Waals surface area contributed by atoms with Gasteiger partial charge in [0.25, 0.3) is 0 Å². The number of fused-ring (bicyclic) bond motifs is 1. The minimum atomic E-state index is -1.35. The quantitative estimate of drug-likeness (QED) is 0.674. The number of amides is 2. The molecule has 1 aliphatic heterocycles. The summed E-state index contributed by atoms with van der Waals surface area (Å²) in [6, 6.07) is 5.90. The minimum absolute atomic E-state index is 0. The molecule has 1 aliphatic rings. The summed E-state index contributed by atoms with van der Waals surface area (Å²) in [6.45, 7) is 6.90. The number of ether oxygens (including phenoxy) is 1. The maximum Gasteiger partial charge on any atom is 1.00 e. The number of alkyl carbamates (subject to hydrolysis) is 1. The molecule has 0 saturated carbocycles. The Balaban J connectivity index is 0.00000320. The molecule has 0 radical (unpaired) electrons. The fourth-order valence-electron chi connectivity index (χ4n) is 3.71. The minimum Gasteiger partial charge on any atom is -0.545 e. The first-order valence-electron chi connectivity index (χ1n) is 9.39. The van der Waals surface area contributed by atoms with Gasteiger partial charge >= 0.3 is 35.7 Å². The van der Waals surface area contributed by atoms with Crippen LogP contribution in [0.4, 0.5) is 10.5 Å². The van der Waals surface area contributed by atoms with Crippen molar-refractivity contribution in [1.82, 2.24) is 5.32 Å². The number of hydrogen-bond donors (Lipinski definition) is 1. The Morgan fingerprint density at radius 1 is 1.27 bits per heavy atom. The molecular weight excluding hydrogens is 399 g/mol. The number of carboxylic acids is 1. The monoisotopic (exact) mass is 422 g/mol. The molecule has 1 aromatic carbocycles. The SMILES string of the molecule is CC(=O)N1c2ccc(-c3occc3C(=O)[O-])cc2[C@H](NC(=O)OC(C)C)C[C@@H]1C.[Na+]. The molecule has 1 N–H and O–H groups in total. The van der Waals surface area contributed by atoms with Crippen molar-refractivity contribution in [1.29, 1.82) is 0 Å². The van der Waals surface area contributed by atoms with Gasteiger partial charge in [0, 0.05) is 29.8 Å². The topological polar surface area (TPSA) is 112 Å². The van der Waals surface area contributed by atoms with Gasteiger partial charge in [-0.25, -0.2) is 4.79 Å². The van der Waals surface area contributed by atoms with Gasteiger partial charge in [-0.2, -0.15) is 0 Å². The first-order valence-corrected chi connectivity index (χ1v) is 9.39. The average molecular weight is 422 g/mol. The number of carbonyl (C=O) groups is 3. The largest absolute Gasteiger partial charge is 1.00 e. The number of rotatable bonds is 4. The van der Waals surface area contributed by atoms with Gasteiger partial charge in [0.15, 0.2) is 0 Å². The molecule has 0 aliphatic carbocycles. The van der Waals surface area contributed by atoms with E-state index in [1.165, 1.54) is 19.3 Å². The van der Waals surface area contributed by atoms with Crippen LogP contribution in [-0.4, -0.2) is 30.1 Å². The van der Waals surface area contributed by atoms with Crippen LogP contribution >= 0.6 is 0 Å². The number of aromatic carboxylic acids is 1. The third kappa shape index (κ3) is 4.88. The van der Waals surface area contributed by atoms with E-state index in [9.17, 15) is 19.5 Å². The molecule has 8 nitrogen and oxygen atoms in total. The summed E-state index contributed by atoms with van der Waals surface area (Å²) in [5.74, 6) is -1.31. The molecule has 2 aromatic rings. The van der Waals surface area contributed by atoms with E-state index >= 15 is 0 Å². The Morgan fingerprint density at radius 2 is 1.97 bits per heavy atom. The number of hydrogen-bond acceptors (Lipinski definition) is 6. The van der Waals surface area contributed by atoms with Gasteiger partial charge < -0.3 is 29.3 Å². The summed E-state index contributed by atoms with van der Waals surface area (Å²) < 4.78 is 10.5. The Bertz CT molecular complexity index is 955. The van der Waals surface area contributed by atoms with Gasteiger partial charge in [0.05, 0.1) is 24.4 Å². The number of anilines is 1. The van der Waals surface area contributed by atoms with E-state index in [0.717, 1.165) is 0 Å². The third-order valence-electron chi connectivity index (χ3n) is 4.80. The van der Waals surface area contributed by atoms with Crippen LogP contribution in [-0.2, 0) is 9.53 Å². The fourth-order valence-corrected chi connectivity index (χ4v) is 3.71. The molecule has 0 fully saturated rings. The molecule has 3 rings (SSSR count). The number of carboxylic acid groups (broad SMARTS) is 1. The Kier molecular flexibility index (Phi) is 7.74. The second kappa shape index (κ2) is 9.68. The summed E-state index contributed by atoms with van der Waals surface area (Å²) in [6.07, 6.45) is 0.927.